The third-order valence-electron chi connectivity index (χ3n) is 3.73. The van der Waals surface area contributed by atoms with Gasteiger partial charge in [-0.3, -0.25) is 4.79 Å². The van der Waals surface area contributed by atoms with Gasteiger partial charge in [-0.2, -0.15) is 5.26 Å². The average Bonchev–Trinajstić information content (AvgIpc) is 2.19. The number of hydrogen-bond donors (Lipinski definition) is 0. The third-order valence-corrected chi connectivity index (χ3v) is 3.73. The minimum Gasteiger partial charge on any atom is -0.293 e. The van der Waals surface area contributed by atoms with Crippen molar-refractivity contribution in [1.29, 1.82) is 5.26 Å². The summed E-state index contributed by atoms with van der Waals surface area (Å²) in [5.41, 5.74) is 1.80. The van der Waals surface area contributed by atoms with Gasteiger partial charge in [-0.1, -0.05) is 13.3 Å². The molecular formula is C12H15NO. The second kappa shape index (κ2) is 3.24. The lowest BCUT2D eigenvalue weighted by Crippen LogP contribution is -2.30. The number of carbonyl (C=O) groups excluding carboxylic acids is 1. The van der Waals surface area contributed by atoms with Crippen molar-refractivity contribution in [2.75, 3.05) is 0 Å². The molecule has 0 heterocycles. The zero-order valence-corrected chi connectivity index (χ0v) is 8.60. The van der Waals surface area contributed by atoms with E-state index in [-0.39, 0.29) is 11.2 Å². The summed E-state index contributed by atoms with van der Waals surface area (Å²) in [6, 6.07) is 2.11. The van der Waals surface area contributed by atoms with E-state index >= 15 is 0 Å². The number of fused-ring (bicyclic) bond motifs is 1. The molecule has 0 amide bonds. The number of rotatable bonds is 0. The first-order valence-electron chi connectivity index (χ1n) is 5.34. The molecular weight excluding hydrogens is 174 g/mol. The maximum absolute atomic E-state index is 11.5. The Morgan fingerprint density at radius 1 is 1.29 bits per heavy atom. The van der Waals surface area contributed by atoms with Gasteiger partial charge in [0.15, 0.2) is 5.78 Å². The number of allylic oxidation sites excluding steroid dienone is 2. The Labute approximate surface area is 84.6 Å². The Bertz CT molecular complexity index is 348. The predicted molar refractivity (Wildman–Crippen MR) is 53.5 cm³/mol. The van der Waals surface area contributed by atoms with E-state index in [0.29, 0.717) is 12.0 Å². The van der Waals surface area contributed by atoms with Gasteiger partial charge in [-0.15, -0.1) is 0 Å². The Morgan fingerprint density at radius 3 is 2.79 bits per heavy atom. The lowest BCUT2D eigenvalue weighted by atomic mass is 9.64. The highest BCUT2D eigenvalue weighted by Gasteiger charge is 2.38. The van der Waals surface area contributed by atoms with Gasteiger partial charge in [0.25, 0.3) is 0 Å². The molecule has 2 aliphatic rings. The summed E-state index contributed by atoms with van der Waals surface area (Å²) in [4.78, 5) is 11.5. The molecule has 0 aromatic rings. The highest BCUT2D eigenvalue weighted by atomic mass is 16.1. The van der Waals surface area contributed by atoms with Crippen molar-refractivity contribution in [1.82, 2.24) is 0 Å². The van der Waals surface area contributed by atoms with E-state index < -0.39 is 0 Å². The fraction of sp³-hybridized carbons (Fsp3) is 0.667. The molecule has 74 valence electrons. The Morgan fingerprint density at radius 2 is 2.07 bits per heavy atom. The van der Waals surface area contributed by atoms with Crippen molar-refractivity contribution in [3.8, 4) is 6.07 Å². The average molecular weight is 189 g/mol. The zero-order chi connectivity index (χ0) is 10.2. The van der Waals surface area contributed by atoms with Crippen molar-refractivity contribution in [3.63, 3.8) is 0 Å². The molecule has 0 N–H and O–H groups in total. The largest absolute Gasteiger partial charge is 0.293 e. The molecule has 0 spiro atoms. The van der Waals surface area contributed by atoms with Crippen LogP contribution in [0.1, 0.15) is 45.4 Å². The van der Waals surface area contributed by atoms with Gasteiger partial charge in [-0.25, -0.2) is 0 Å². The number of ketones is 1. The fourth-order valence-electron chi connectivity index (χ4n) is 2.78. The molecule has 1 saturated carbocycles. The van der Waals surface area contributed by atoms with Gasteiger partial charge in [0.1, 0.15) is 6.07 Å². The van der Waals surface area contributed by atoms with Crippen LogP contribution in [-0.2, 0) is 4.79 Å². The van der Waals surface area contributed by atoms with Crippen LogP contribution in [0.3, 0.4) is 0 Å². The molecule has 2 heteroatoms. The highest BCUT2D eigenvalue weighted by Crippen LogP contribution is 2.48. The summed E-state index contributed by atoms with van der Waals surface area (Å²) in [6.07, 6.45) is 6.03. The van der Waals surface area contributed by atoms with Crippen LogP contribution in [0.25, 0.3) is 0 Å². The predicted octanol–water partition coefficient (Wildman–Crippen LogP) is 2.75. The summed E-state index contributed by atoms with van der Waals surface area (Å²) in [5, 5.41) is 8.99. The normalized spacial score (nSPS) is 32.4. The Kier molecular flexibility index (Phi) is 2.19. The van der Waals surface area contributed by atoms with Gasteiger partial charge in [0.05, 0.1) is 5.57 Å². The minimum absolute atomic E-state index is 0.0712. The van der Waals surface area contributed by atoms with Gasteiger partial charge >= 0.3 is 0 Å². The first kappa shape index (κ1) is 9.45. The first-order chi connectivity index (χ1) is 6.67. The maximum Gasteiger partial charge on any atom is 0.173 e. The van der Waals surface area contributed by atoms with E-state index in [0.717, 1.165) is 31.3 Å². The molecule has 0 saturated heterocycles. The van der Waals surface area contributed by atoms with E-state index in [2.05, 4.69) is 13.0 Å². The second-order valence-corrected chi connectivity index (χ2v) is 4.66. The van der Waals surface area contributed by atoms with Gasteiger partial charge in [-0.05, 0) is 36.7 Å². The first-order valence-corrected chi connectivity index (χ1v) is 5.34. The topological polar surface area (TPSA) is 40.9 Å². The van der Waals surface area contributed by atoms with Crippen molar-refractivity contribution in [2.45, 2.75) is 45.4 Å². The van der Waals surface area contributed by atoms with Gasteiger partial charge < -0.3 is 0 Å². The summed E-state index contributed by atoms with van der Waals surface area (Å²) in [5.74, 6) is 0.0712. The molecule has 0 bridgehead atoms. The van der Waals surface area contributed by atoms with Crippen molar-refractivity contribution < 1.29 is 4.79 Å². The van der Waals surface area contributed by atoms with Gasteiger partial charge in [0, 0.05) is 6.42 Å². The summed E-state index contributed by atoms with van der Waals surface area (Å²) in [7, 11) is 0. The zero-order valence-electron chi connectivity index (χ0n) is 8.60. The van der Waals surface area contributed by atoms with Crippen LogP contribution in [0.2, 0.25) is 0 Å². The smallest absolute Gasteiger partial charge is 0.173 e. The van der Waals surface area contributed by atoms with Crippen LogP contribution in [0.15, 0.2) is 11.1 Å². The Balaban J connectivity index is 2.48. The van der Waals surface area contributed by atoms with Crippen LogP contribution in [0.5, 0.6) is 0 Å². The molecule has 2 rings (SSSR count). The lowest BCUT2D eigenvalue weighted by molar-refractivity contribution is -0.116. The summed E-state index contributed by atoms with van der Waals surface area (Å²) in [6.45, 7) is 2.21. The van der Waals surface area contributed by atoms with Crippen LogP contribution in [-0.4, -0.2) is 5.78 Å². The molecule has 1 fully saturated rings. The minimum atomic E-state index is 0.0712. The number of carbonyl (C=O) groups is 1. The summed E-state index contributed by atoms with van der Waals surface area (Å²) < 4.78 is 0. The van der Waals surface area contributed by atoms with Crippen molar-refractivity contribution >= 4 is 5.78 Å². The molecule has 14 heavy (non-hydrogen) atoms. The van der Waals surface area contributed by atoms with Crippen molar-refractivity contribution in [2.24, 2.45) is 5.41 Å². The fourth-order valence-corrected chi connectivity index (χ4v) is 2.78. The third kappa shape index (κ3) is 1.28. The van der Waals surface area contributed by atoms with E-state index in [1.54, 1.807) is 0 Å². The molecule has 0 aromatic carbocycles. The molecule has 1 atom stereocenters. The van der Waals surface area contributed by atoms with E-state index in [1.807, 2.05) is 0 Å². The molecule has 2 nitrogen and oxygen atoms in total. The molecule has 0 aromatic heterocycles. The molecule has 2 aliphatic carbocycles. The molecule has 0 aliphatic heterocycles. The van der Waals surface area contributed by atoms with E-state index in [1.165, 1.54) is 6.42 Å². The van der Waals surface area contributed by atoms with Crippen molar-refractivity contribution in [3.05, 3.63) is 11.1 Å². The highest BCUT2D eigenvalue weighted by molar-refractivity contribution is 6.01. The number of nitrogens with zero attached hydrogens (tertiary/aromatic N) is 1. The monoisotopic (exact) mass is 189 g/mol. The lowest BCUT2D eigenvalue weighted by Gasteiger charge is -2.39. The van der Waals surface area contributed by atoms with E-state index in [9.17, 15) is 4.79 Å². The quantitative estimate of drug-likeness (QED) is 0.588. The standard InChI is InChI=1S/C12H15NO/c1-12-6-3-2-4-10(12)9(8-13)11(14)5-7-12/h2-7H2,1H3. The Hall–Kier alpha value is -1.10. The van der Waals surface area contributed by atoms with Crippen LogP contribution in [0.4, 0.5) is 0 Å². The van der Waals surface area contributed by atoms with Crippen LogP contribution >= 0.6 is 0 Å². The van der Waals surface area contributed by atoms with E-state index in [4.69, 9.17) is 5.26 Å². The number of nitriles is 1. The maximum atomic E-state index is 11.5. The number of Topliss-reactive ketones (excluding diaryl/α,β-unsaturated/α-hetero) is 1. The number of hydrogen-bond acceptors (Lipinski definition) is 2. The molecule has 1 unspecified atom stereocenters. The van der Waals surface area contributed by atoms with Crippen LogP contribution < -0.4 is 0 Å². The molecule has 0 radical (unpaired) electrons. The second-order valence-electron chi connectivity index (χ2n) is 4.66. The SMILES string of the molecule is CC12CCCCC1=C(C#N)C(=O)CC2. The van der Waals surface area contributed by atoms with Crippen LogP contribution in [0, 0.1) is 16.7 Å². The summed E-state index contributed by atoms with van der Waals surface area (Å²) >= 11 is 0. The van der Waals surface area contributed by atoms with Gasteiger partial charge in [0.2, 0.25) is 0 Å².